The summed E-state index contributed by atoms with van der Waals surface area (Å²) in [5, 5.41) is 3.87. The fourth-order valence-corrected chi connectivity index (χ4v) is 3.62. The van der Waals surface area contributed by atoms with Crippen LogP contribution in [0.15, 0.2) is 0 Å². The molecule has 2 atom stereocenters. The zero-order valence-electron chi connectivity index (χ0n) is 12.4. The zero-order chi connectivity index (χ0) is 13.0. The van der Waals surface area contributed by atoms with Gasteiger partial charge in [-0.25, -0.2) is 0 Å². The van der Waals surface area contributed by atoms with Crippen LogP contribution in [0.1, 0.15) is 52.4 Å². The Hall–Kier alpha value is -0.120. The van der Waals surface area contributed by atoms with E-state index in [2.05, 4.69) is 24.1 Å². The maximum atomic E-state index is 5.46. The summed E-state index contributed by atoms with van der Waals surface area (Å²) in [7, 11) is 1.82. The van der Waals surface area contributed by atoms with Gasteiger partial charge in [-0.3, -0.25) is 4.90 Å². The smallest absolute Gasteiger partial charge is 0.0670 e. The van der Waals surface area contributed by atoms with E-state index in [0.29, 0.717) is 17.7 Å². The van der Waals surface area contributed by atoms with E-state index >= 15 is 0 Å². The molecule has 2 rings (SSSR count). The largest absolute Gasteiger partial charge is 0.380 e. The minimum absolute atomic E-state index is 0.345. The second-order valence-corrected chi connectivity index (χ2v) is 6.26. The second-order valence-electron chi connectivity index (χ2n) is 6.26. The maximum absolute atomic E-state index is 5.46. The van der Waals surface area contributed by atoms with Crippen molar-refractivity contribution in [3.8, 4) is 0 Å². The number of piperazine rings is 1. The van der Waals surface area contributed by atoms with E-state index in [-0.39, 0.29) is 0 Å². The Bertz CT molecular complexity index is 251. The van der Waals surface area contributed by atoms with Gasteiger partial charge in [0.2, 0.25) is 0 Å². The van der Waals surface area contributed by atoms with Gasteiger partial charge in [-0.1, -0.05) is 26.2 Å². The first kappa shape index (κ1) is 14.3. The zero-order valence-corrected chi connectivity index (χ0v) is 12.4. The predicted octanol–water partition coefficient (Wildman–Crippen LogP) is 2.41. The molecule has 3 heteroatoms. The van der Waals surface area contributed by atoms with Crippen LogP contribution in [0.3, 0.4) is 0 Å². The summed E-state index contributed by atoms with van der Waals surface area (Å²) >= 11 is 0. The lowest BCUT2D eigenvalue weighted by Crippen LogP contribution is -2.65. The SMILES string of the molecule is CCC1CNC2(CCCCC2)CN1CC(C)OC. The van der Waals surface area contributed by atoms with E-state index < -0.39 is 0 Å². The highest BCUT2D eigenvalue weighted by Gasteiger charge is 2.39. The molecule has 1 spiro atoms. The van der Waals surface area contributed by atoms with E-state index in [0.717, 1.165) is 13.1 Å². The average molecular weight is 254 g/mol. The van der Waals surface area contributed by atoms with Gasteiger partial charge in [0.25, 0.3) is 0 Å². The van der Waals surface area contributed by atoms with E-state index in [1.54, 1.807) is 0 Å². The number of ether oxygens (including phenoxy) is 1. The van der Waals surface area contributed by atoms with Crippen molar-refractivity contribution in [2.24, 2.45) is 0 Å². The van der Waals surface area contributed by atoms with E-state index in [9.17, 15) is 0 Å². The van der Waals surface area contributed by atoms with Gasteiger partial charge in [0.1, 0.15) is 0 Å². The molecule has 1 aliphatic heterocycles. The molecular formula is C15H30N2O. The molecule has 0 amide bonds. The summed E-state index contributed by atoms with van der Waals surface area (Å²) < 4.78 is 5.46. The number of nitrogens with one attached hydrogen (secondary N) is 1. The molecule has 1 aliphatic carbocycles. The summed E-state index contributed by atoms with van der Waals surface area (Å²) in [4.78, 5) is 2.68. The van der Waals surface area contributed by atoms with Gasteiger partial charge in [-0.05, 0) is 26.2 Å². The molecule has 1 heterocycles. The molecule has 1 saturated heterocycles. The van der Waals surface area contributed by atoms with Crippen molar-refractivity contribution < 1.29 is 4.74 Å². The Morgan fingerprint density at radius 3 is 2.67 bits per heavy atom. The van der Waals surface area contributed by atoms with Crippen LogP contribution in [0.5, 0.6) is 0 Å². The highest BCUT2D eigenvalue weighted by molar-refractivity contribution is 4.99. The Morgan fingerprint density at radius 1 is 1.33 bits per heavy atom. The lowest BCUT2D eigenvalue weighted by molar-refractivity contribution is 0.00921. The summed E-state index contributed by atoms with van der Waals surface area (Å²) in [5.41, 5.74) is 0.414. The Balaban J connectivity index is 1.98. The summed E-state index contributed by atoms with van der Waals surface area (Å²) in [6, 6.07) is 0.690. The Labute approximate surface area is 112 Å². The van der Waals surface area contributed by atoms with Crippen molar-refractivity contribution in [1.82, 2.24) is 10.2 Å². The molecule has 0 aromatic rings. The quantitative estimate of drug-likeness (QED) is 0.834. The third-order valence-corrected chi connectivity index (χ3v) is 4.91. The van der Waals surface area contributed by atoms with Crippen LogP contribution in [-0.4, -0.2) is 49.3 Å². The van der Waals surface area contributed by atoms with Gasteiger partial charge in [0, 0.05) is 38.3 Å². The van der Waals surface area contributed by atoms with Crippen LogP contribution in [0.2, 0.25) is 0 Å². The van der Waals surface area contributed by atoms with Crippen LogP contribution in [0, 0.1) is 0 Å². The number of nitrogens with zero attached hydrogens (tertiary/aromatic N) is 1. The first-order valence-corrected chi connectivity index (χ1v) is 7.71. The van der Waals surface area contributed by atoms with E-state index in [4.69, 9.17) is 4.74 Å². The lowest BCUT2D eigenvalue weighted by Gasteiger charge is -2.50. The molecule has 1 N–H and O–H groups in total. The minimum atomic E-state index is 0.345. The number of hydrogen-bond acceptors (Lipinski definition) is 3. The normalized spacial score (nSPS) is 30.5. The highest BCUT2D eigenvalue weighted by Crippen LogP contribution is 2.32. The van der Waals surface area contributed by atoms with Gasteiger partial charge in [0.05, 0.1) is 6.10 Å². The third-order valence-electron chi connectivity index (χ3n) is 4.91. The fraction of sp³-hybridized carbons (Fsp3) is 1.00. The van der Waals surface area contributed by atoms with Crippen molar-refractivity contribution >= 4 is 0 Å². The van der Waals surface area contributed by atoms with Crippen molar-refractivity contribution in [1.29, 1.82) is 0 Å². The number of methoxy groups -OCH3 is 1. The van der Waals surface area contributed by atoms with Crippen molar-refractivity contribution in [3.63, 3.8) is 0 Å². The number of hydrogen-bond donors (Lipinski definition) is 1. The van der Waals surface area contributed by atoms with E-state index in [1.165, 1.54) is 45.1 Å². The lowest BCUT2D eigenvalue weighted by atomic mass is 9.79. The molecule has 1 saturated carbocycles. The first-order valence-electron chi connectivity index (χ1n) is 7.71. The van der Waals surface area contributed by atoms with Crippen molar-refractivity contribution in [3.05, 3.63) is 0 Å². The standard InChI is InChI=1S/C15H30N2O/c1-4-14-10-16-15(8-6-5-7-9-15)12-17(14)11-13(2)18-3/h13-14,16H,4-12H2,1-3H3. The fourth-order valence-electron chi connectivity index (χ4n) is 3.62. The summed E-state index contributed by atoms with van der Waals surface area (Å²) in [6.45, 7) is 7.95. The number of rotatable bonds is 4. The van der Waals surface area contributed by atoms with Gasteiger partial charge in [-0.2, -0.15) is 0 Å². The summed E-state index contributed by atoms with van der Waals surface area (Å²) in [6.07, 6.45) is 8.53. The van der Waals surface area contributed by atoms with Crippen molar-refractivity contribution in [2.75, 3.05) is 26.7 Å². The first-order chi connectivity index (χ1) is 8.69. The van der Waals surface area contributed by atoms with Gasteiger partial charge >= 0.3 is 0 Å². The summed E-state index contributed by atoms with van der Waals surface area (Å²) in [5.74, 6) is 0. The van der Waals surface area contributed by atoms with Gasteiger partial charge in [0.15, 0.2) is 0 Å². The molecule has 2 unspecified atom stereocenters. The van der Waals surface area contributed by atoms with Crippen LogP contribution in [0.25, 0.3) is 0 Å². The molecule has 2 aliphatic rings. The Morgan fingerprint density at radius 2 is 2.06 bits per heavy atom. The maximum Gasteiger partial charge on any atom is 0.0670 e. The van der Waals surface area contributed by atoms with Crippen LogP contribution < -0.4 is 5.32 Å². The van der Waals surface area contributed by atoms with E-state index in [1.807, 2.05) is 7.11 Å². The second kappa shape index (κ2) is 6.36. The molecule has 106 valence electrons. The molecular weight excluding hydrogens is 224 g/mol. The molecule has 0 aromatic heterocycles. The van der Waals surface area contributed by atoms with Crippen molar-refractivity contribution in [2.45, 2.75) is 70.1 Å². The van der Waals surface area contributed by atoms with Gasteiger partial charge < -0.3 is 10.1 Å². The molecule has 3 nitrogen and oxygen atoms in total. The van der Waals surface area contributed by atoms with Crippen LogP contribution in [0.4, 0.5) is 0 Å². The molecule has 0 bridgehead atoms. The molecule has 18 heavy (non-hydrogen) atoms. The Kier molecular flexibility index (Phi) is 5.05. The van der Waals surface area contributed by atoms with Crippen LogP contribution in [-0.2, 0) is 4.74 Å². The average Bonchev–Trinajstić information content (AvgIpc) is 2.40. The highest BCUT2D eigenvalue weighted by atomic mass is 16.5. The molecule has 2 fully saturated rings. The van der Waals surface area contributed by atoms with Crippen LogP contribution >= 0.6 is 0 Å². The van der Waals surface area contributed by atoms with Gasteiger partial charge in [-0.15, -0.1) is 0 Å². The molecule has 0 radical (unpaired) electrons. The monoisotopic (exact) mass is 254 g/mol. The molecule has 0 aromatic carbocycles. The topological polar surface area (TPSA) is 24.5 Å². The minimum Gasteiger partial charge on any atom is -0.380 e. The predicted molar refractivity (Wildman–Crippen MR) is 75.9 cm³/mol. The third kappa shape index (κ3) is 3.25.